The van der Waals surface area contributed by atoms with Gasteiger partial charge in [0.1, 0.15) is 0 Å². The van der Waals surface area contributed by atoms with Crippen molar-refractivity contribution < 1.29 is 0 Å². The van der Waals surface area contributed by atoms with Crippen LogP contribution in [0.15, 0.2) is 28.7 Å². The van der Waals surface area contributed by atoms with Gasteiger partial charge in [0.05, 0.1) is 0 Å². The highest BCUT2D eigenvalue weighted by molar-refractivity contribution is 9.10. The predicted octanol–water partition coefficient (Wildman–Crippen LogP) is 5.07. The number of nitrogens with one attached hydrogen (secondary N) is 1. The van der Waals surface area contributed by atoms with Gasteiger partial charge >= 0.3 is 0 Å². The van der Waals surface area contributed by atoms with E-state index in [1.807, 2.05) is 0 Å². The maximum atomic E-state index is 3.86. The van der Waals surface area contributed by atoms with Gasteiger partial charge in [-0.25, -0.2) is 0 Å². The van der Waals surface area contributed by atoms with E-state index >= 15 is 0 Å². The number of rotatable bonds is 4. The second kappa shape index (κ2) is 5.97. The number of halogens is 1. The summed E-state index contributed by atoms with van der Waals surface area (Å²) in [7, 11) is 0. The third-order valence-electron chi connectivity index (χ3n) is 4.86. The van der Waals surface area contributed by atoms with Crippen molar-refractivity contribution >= 4 is 15.9 Å². The average Bonchev–Trinajstić information content (AvgIpc) is 3.24. The molecule has 0 saturated heterocycles. The van der Waals surface area contributed by atoms with Crippen LogP contribution in [0.3, 0.4) is 0 Å². The summed E-state index contributed by atoms with van der Waals surface area (Å²) >= 11 is 3.67. The van der Waals surface area contributed by atoms with E-state index in [9.17, 15) is 0 Å². The molecule has 0 bridgehead atoms. The highest BCUT2D eigenvalue weighted by Gasteiger charge is 2.34. The second-order valence-corrected chi connectivity index (χ2v) is 7.23. The Morgan fingerprint density at radius 3 is 2.63 bits per heavy atom. The van der Waals surface area contributed by atoms with E-state index in [0.29, 0.717) is 6.04 Å². The zero-order valence-electron chi connectivity index (χ0n) is 11.7. The standard InChI is InChI=1S/C17H24BrN/c1-12(16-7-2-3-8-17(16)18)19-15-6-4-5-14(11-15)13-9-10-13/h2-3,7-8,12-15,19H,4-6,9-11H2,1H3. The van der Waals surface area contributed by atoms with Gasteiger partial charge in [-0.3, -0.25) is 0 Å². The van der Waals surface area contributed by atoms with Gasteiger partial charge < -0.3 is 5.32 Å². The highest BCUT2D eigenvalue weighted by Crippen LogP contribution is 2.44. The molecule has 2 aliphatic carbocycles. The molecule has 2 fully saturated rings. The quantitative estimate of drug-likeness (QED) is 0.816. The molecule has 1 aromatic carbocycles. The summed E-state index contributed by atoms with van der Waals surface area (Å²) in [4.78, 5) is 0. The third kappa shape index (κ3) is 3.41. The van der Waals surface area contributed by atoms with Crippen LogP contribution in [0.4, 0.5) is 0 Å². The average molecular weight is 322 g/mol. The Morgan fingerprint density at radius 1 is 1.11 bits per heavy atom. The Balaban J connectivity index is 1.59. The predicted molar refractivity (Wildman–Crippen MR) is 84.2 cm³/mol. The van der Waals surface area contributed by atoms with E-state index in [0.717, 1.165) is 17.9 Å². The molecule has 2 aliphatic rings. The normalized spacial score (nSPS) is 29.2. The second-order valence-electron chi connectivity index (χ2n) is 6.37. The van der Waals surface area contributed by atoms with Crippen molar-refractivity contribution in [1.29, 1.82) is 0 Å². The fourth-order valence-electron chi connectivity index (χ4n) is 3.64. The first-order chi connectivity index (χ1) is 9.24. The Labute approximate surface area is 125 Å². The van der Waals surface area contributed by atoms with Gasteiger partial charge in [0, 0.05) is 16.6 Å². The molecule has 0 heterocycles. The van der Waals surface area contributed by atoms with Gasteiger partial charge in [0.15, 0.2) is 0 Å². The third-order valence-corrected chi connectivity index (χ3v) is 5.58. The Bertz CT molecular complexity index is 427. The molecule has 104 valence electrons. The van der Waals surface area contributed by atoms with Gasteiger partial charge in [-0.1, -0.05) is 47.0 Å². The molecule has 0 radical (unpaired) electrons. The molecule has 19 heavy (non-hydrogen) atoms. The fourth-order valence-corrected chi connectivity index (χ4v) is 4.27. The van der Waals surface area contributed by atoms with Crippen molar-refractivity contribution in [3.05, 3.63) is 34.3 Å². The summed E-state index contributed by atoms with van der Waals surface area (Å²) in [6, 6.07) is 9.75. The summed E-state index contributed by atoms with van der Waals surface area (Å²) in [5.41, 5.74) is 1.39. The van der Waals surface area contributed by atoms with Gasteiger partial charge in [0.25, 0.3) is 0 Å². The molecule has 0 aromatic heterocycles. The molecule has 1 nitrogen and oxygen atoms in total. The first-order valence-corrected chi connectivity index (χ1v) is 8.54. The van der Waals surface area contributed by atoms with Gasteiger partial charge in [-0.15, -0.1) is 0 Å². The molecule has 1 aromatic rings. The maximum Gasteiger partial charge on any atom is 0.0305 e. The van der Waals surface area contributed by atoms with Crippen LogP contribution in [0.5, 0.6) is 0 Å². The molecule has 3 atom stereocenters. The Hall–Kier alpha value is -0.340. The SMILES string of the molecule is CC(NC1CCCC(C2CC2)C1)c1ccccc1Br. The molecular weight excluding hydrogens is 298 g/mol. The van der Waals surface area contributed by atoms with Crippen LogP contribution in [-0.2, 0) is 0 Å². The molecule has 0 amide bonds. The van der Waals surface area contributed by atoms with Crippen LogP contribution in [0.1, 0.15) is 57.1 Å². The first-order valence-electron chi connectivity index (χ1n) is 7.74. The molecular formula is C17H24BrN. The van der Waals surface area contributed by atoms with Crippen LogP contribution >= 0.6 is 15.9 Å². The van der Waals surface area contributed by atoms with E-state index in [1.54, 1.807) is 0 Å². The minimum Gasteiger partial charge on any atom is -0.307 e. The van der Waals surface area contributed by atoms with Gasteiger partial charge in [-0.2, -0.15) is 0 Å². The summed E-state index contributed by atoms with van der Waals surface area (Å²) in [5, 5.41) is 3.86. The minimum atomic E-state index is 0.443. The lowest BCUT2D eigenvalue weighted by atomic mass is 9.82. The lowest BCUT2D eigenvalue weighted by Crippen LogP contribution is -2.36. The number of hydrogen-bond acceptors (Lipinski definition) is 1. The van der Waals surface area contributed by atoms with Gasteiger partial charge in [-0.05, 0) is 56.1 Å². The molecule has 0 aliphatic heterocycles. The topological polar surface area (TPSA) is 12.0 Å². The van der Waals surface area contributed by atoms with Crippen LogP contribution in [0.2, 0.25) is 0 Å². The first kappa shape index (κ1) is 13.6. The molecule has 2 saturated carbocycles. The lowest BCUT2D eigenvalue weighted by Gasteiger charge is -2.32. The number of hydrogen-bond donors (Lipinski definition) is 1. The van der Waals surface area contributed by atoms with E-state index in [4.69, 9.17) is 0 Å². The van der Waals surface area contributed by atoms with Gasteiger partial charge in [0.2, 0.25) is 0 Å². The van der Waals surface area contributed by atoms with E-state index in [1.165, 1.54) is 48.6 Å². The van der Waals surface area contributed by atoms with E-state index < -0.39 is 0 Å². The van der Waals surface area contributed by atoms with Crippen LogP contribution in [0, 0.1) is 11.8 Å². The van der Waals surface area contributed by atoms with Crippen molar-refractivity contribution in [1.82, 2.24) is 5.32 Å². The summed E-state index contributed by atoms with van der Waals surface area (Å²) in [5.74, 6) is 2.08. The van der Waals surface area contributed by atoms with Crippen molar-refractivity contribution in [2.24, 2.45) is 11.8 Å². The zero-order chi connectivity index (χ0) is 13.2. The molecule has 3 rings (SSSR count). The van der Waals surface area contributed by atoms with Crippen LogP contribution < -0.4 is 5.32 Å². The van der Waals surface area contributed by atoms with E-state index in [2.05, 4.69) is 52.4 Å². The van der Waals surface area contributed by atoms with Crippen molar-refractivity contribution in [2.45, 2.75) is 57.5 Å². The molecule has 0 spiro atoms. The van der Waals surface area contributed by atoms with Crippen molar-refractivity contribution in [2.75, 3.05) is 0 Å². The van der Waals surface area contributed by atoms with Crippen LogP contribution in [-0.4, -0.2) is 6.04 Å². The smallest absolute Gasteiger partial charge is 0.0305 e. The zero-order valence-corrected chi connectivity index (χ0v) is 13.3. The molecule has 3 unspecified atom stereocenters. The largest absolute Gasteiger partial charge is 0.307 e. The molecule has 1 N–H and O–H groups in total. The van der Waals surface area contributed by atoms with Crippen LogP contribution in [0.25, 0.3) is 0 Å². The van der Waals surface area contributed by atoms with E-state index in [-0.39, 0.29) is 0 Å². The Morgan fingerprint density at radius 2 is 1.89 bits per heavy atom. The summed E-state index contributed by atoms with van der Waals surface area (Å²) in [6.45, 7) is 2.29. The summed E-state index contributed by atoms with van der Waals surface area (Å²) < 4.78 is 1.23. The maximum absolute atomic E-state index is 3.86. The summed E-state index contributed by atoms with van der Waals surface area (Å²) in [6.07, 6.45) is 8.65. The minimum absolute atomic E-state index is 0.443. The molecule has 2 heteroatoms. The van der Waals surface area contributed by atoms with Crippen molar-refractivity contribution in [3.63, 3.8) is 0 Å². The lowest BCUT2D eigenvalue weighted by molar-refractivity contribution is 0.249. The highest BCUT2D eigenvalue weighted by atomic mass is 79.9. The fraction of sp³-hybridized carbons (Fsp3) is 0.647. The van der Waals surface area contributed by atoms with Crippen molar-refractivity contribution in [3.8, 4) is 0 Å². The number of benzene rings is 1. The monoisotopic (exact) mass is 321 g/mol. The Kier molecular flexibility index (Phi) is 4.28.